The summed E-state index contributed by atoms with van der Waals surface area (Å²) in [7, 11) is 0. The molecule has 0 spiro atoms. The van der Waals surface area contributed by atoms with Crippen molar-refractivity contribution < 1.29 is 18.3 Å². The second-order valence-corrected chi connectivity index (χ2v) is 4.10. The topological polar surface area (TPSA) is 26.3 Å². The van der Waals surface area contributed by atoms with Crippen LogP contribution in [0.3, 0.4) is 0 Å². The second kappa shape index (κ2) is 7.06. The molecule has 0 saturated carbocycles. The van der Waals surface area contributed by atoms with Gasteiger partial charge in [-0.1, -0.05) is 6.08 Å². The van der Waals surface area contributed by atoms with Gasteiger partial charge in [0.05, 0.1) is 6.61 Å². The van der Waals surface area contributed by atoms with Crippen LogP contribution in [0.2, 0.25) is 0 Å². The highest BCUT2D eigenvalue weighted by Gasteiger charge is 2.03. The van der Waals surface area contributed by atoms with Crippen molar-refractivity contribution in [2.24, 2.45) is 0 Å². The molecular formula is C12H12F2O2S. The summed E-state index contributed by atoms with van der Waals surface area (Å²) < 4.78 is 30.7. The van der Waals surface area contributed by atoms with E-state index >= 15 is 0 Å². The van der Waals surface area contributed by atoms with E-state index in [1.54, 1.807) is 13.0 Å². The molecule has 0 aliphatic rings. The van der Waals surface area contributed by atoms with E-state index in [4.69, 9.17) is 0 Å². The molecule has 0 heterocycles. The van der Waals surface area contributed by atoms with Crippen molar-refractivity contribution in [1.82, 2.24) is 0 Å². The van der Waals surface area contributed by atoms with E-state index in [1.165, 1.54) is 6.08 Å². The summed E-state index contributed by atoms with van der Waals surface area (Å²) in [5, 5.41) is 0. The molecular weight excluding hydrogens is 246 g/mol. The zero-order chi connectivity index (χ0) is 12.7. The molecule has 0 aliphatic heterocycles. The Morgan fingerprint density at radius 2 is 2.24 bits per heavy atom. The van der Waals surface area contributed by atoms with Crippen molar-refractivity contribution in [2.75, 3.05) is 12.4 Å². The number of ether oxygens (including phenoxy) is 1. The number of hydrogen-bond donors (Lipinski definition) is 0. The van der Waals surface area contributed by atoms with Gasteiger partial charge in [-0.15, -0.1) is 11.8 Å². The van der Waals surface area contributed by atoms with E-state index in [9.17, 15) is 13.6 Å². The summed E-state index contributed by atoms with van der Waals surface area (Å²) in [6, 6.07) is 3.26. The van der Waals surface area contributed by atoms with Crippen molar-refractivity contribution in [3.63, 3.8) is 0 Å². The van der Waals surface area contributed by atoms with Crippen LogP contribution in [0, 0.1) is 11.6 Å². The fourth-order valence-electron chi connectivity index (χ4n) is 1.06. The molecule has 0 atom stereocenters. The lowest BCUT2D eigenvalue weighted by atomic mass is 10.3. The molecule has 0 saturated heterocycles. The third-order valence-corrected chi connectivity index (χ3v) is 2.75. The maximum Gasteiger partial charge on any atom is 0.330 e. The number of halogens is 2. The number of thioether (sulfide) groups is 1. The lowest BCUT2D eigenvalue weighted by Crippen LogP contribution is -1.98. The van der Waals surface area contributed by atoms with Crippen molar-refractivity contribution in [3.05, 3.63) is 42.0 Å². The minimum Gasteiger partial charge on any atom is -0.463 e. The minimum absolute atomic E-state index is 0.221. The Bertz CT molecular complexity index is 419. The van der Waals surface area contributed by atoms with Crippen molar-refractivity contribution in [3.8, 4) is 0 Å². The van der Waals surface area contributed by atoms with Crippen LogP contribution < -0.4 is 0 Å². The number of rotatable bonds is 5. The van der Waals surface area contributed by atoms with Crippen LogP contribution in [-0.2, 0) is 9.53 Å². The predicted octanol–water partition coefficient (Wildman–Crippen LogP) is 3.18. The maximum atomic E-state index is 13.2. The molecule has 0 radical (unpaired) electrons. The summed E-state index contributed by atoms with van der Waals surface area (Å²) in [6.45, 7) is 2.03. The predicted molar refractivity (Wildman–Crippen MR) is 62.9 cm³/mol. The molecule has 17 heavy (non-hydrogen) atoms. The average molecular weight is 258 g/mol. The van der Waals surface area contributed by atoms with Gasteiger partial charge in [-0.05, 0) is 25.1 Å². The SMILES string of the molecule is CCOC(=O)/C=C/CSc1cc(F)ccc1F. The van der Waals surface area contributed by atoms with E-state index in [0.29, 0.717) is 12.4 Å². The summed E-state index contributed by atoms with van der Waals surface area (Å²) in [5.74, 6) is -1.02. The van der Waals surface area contributed by atoms with Crippen molar-refractivity contribution in [1.29, 1.82) is 0 Å². The van der Waals surface area contributed by atoms with Gasteiger partial charge in [-0.25, -0.2) is 13.6 Å². The zero-order valence-corrected chi connectivity index (χ0v) is 10.1. The first-order chi connectivity index (χ1) is 8.13. The van der Waals surface area contributed by atoms with Crippen LogP contribution in [0.4, 0.5) is 8.78 Å². The quantitative estimate of drug-likeness (QED) is 0.461. The number of esters is 1. The first kappa shape index (κ1) is 13.7. The summed E-state index contributed by atoms with van der Waals surface area (Å²) in [6.07, 6.45) is 2.82. The maximum absolute atomic E-state index is 13.2. The standard InChI is InChI=1S/C12H12F2O2S/c1-2-16-12(15)4-3-7-17-11-8-9(13)5-6-10(11)14/h3-6,8H,2,7H2,1H3/b4-3+. The number of carbonyl (C=O) groups excluding carboxylic acids is 1. The van der Waals surface area contributed by atoms with E-state index in [1.807, 2.05) is 0 Å². The highest BCUT2D eigenvalue weighted by atomic mass is 32.2. The third-order valence-electron chi connectivity index (χ3n) is 1.77. The van der Waals surface area contributed by atoms with Gasteiger partial charge in [0.25, 0.3) is 0 Å². The largest absolute Gasteiger partial charge is 0.463 e. The van der Waals surface area contributed by atoms with Crippen LogP contribution in [-0.4, -0.2) is 18.3 Å². The molecule has 0 bridgehead atoms. The minimum atomic E-state index is -0.483. The van der Waals surface area contributed by atoms with Gasteiger partial charge >= 0.3 is 5.97 Å². The molecule has 1 aromatic carbocycles. The molecule has 0 amide bonds. The van der Waals surface area contributed by atoms with Crippen molar-refractivity contribution >= 4 is 17.7 Å². The number of hydrogen-bond acceptors (Lipinski definition) is 3. The Kier molecular flexibility index (Phi) is 5.69. The number of benzene rings is 1. The molecule has 2 nitrogen and oxygen atoms in total. The lowest BCUT2D eigenvalue weighted by molar-refractivity contribution is -0.137. The molecule has 0 aliphatic carbocycles. The first-order valence-electron chi connectivity index (χ1n) is 5.04. The Morgan fingerprint density at radius 3 is 2.94 bits per heavy atom. The molecule has 92 valence electrons. The third kappa shape index (κ3) is 4.99. The van der Waals surface area contributed by atoms with Gasteiger partial charge in [0.1, 0.15) is 11.6 Å². The summed E-state index contributed by atoms with van der Waals surface area (Å²) in [5.41, 5.74) is 0. The highest BCUT2D eigenvalue weighted by Crippen LogP contribution is 2.22. The molecule has 0 aromatic heterocycles. The van der Waals surface area contributed by atoms with Crippen LogP contribution in [0.15, 0.2) is 35.2 Å². The molecule has 0 N–H and O–H groups in total. The van der Waals surface area contributed by atoms with Gasteiger partial charge in [-0.2, -0.15) is 0 Å². The first-order valence-corrected chi connectivity index (χ1v) is 6.03. The second-order valence-electron chi connectivity index (χ2n) is 3.04. The van der Waals surface area contributed by atoms with E-state index in [2.05, 4.69) is 4.74 Å². The molecule has 1 aromatic rings. The normalized spacial score (nSPS) is 10.8. The lowest BCUT2D eigenvalue weighted by Gasteiger charge is -2.00. The van der Waals surface area contributed by atoms with Crippen molar-refractivity contribution in [2.45, 2.75) is 11.8 Å². The van der Waals surface area contributed by atoms with Gasteiger partial charge < -0.3 is 4.74 Å². The highest BCUT2D eigenvalue weighted by molar-refractivity contribution is 7.99. The van der Waals surface area contributed by atoms with Crippen LogP contribution >= 0.6 is 11.8 Å². The van der Waals surface area contributed by atoms with Crippen LogP contribution in [0.1, 0.15) is 6.92 Å². The van der Waals surface area contributed by atoms with Crippen LogP contribution in [0.25, 0.3) is 0 Å². The zero-order valence-electron chi connectivity index (χ0n) is 9.28. The van der Waals surface area contributed by atoms with Gasteiger partial charge in [0.2, 0.25) is 0 Å². The monoisotopic (exact) mass is 258 g/mol. The fourth-order valence-corrected chi connectivity index (χ4v) is 1.83. The Labute approximate surface area is 103 Å². The molecule has 0 unspecified atom stereocenters. The Morgan fingerprint density at radius 1 is 1.47 bits per heavy atom. The van der Waals surface area contributed by atoms with E-state index in [0.717, 1.165) is 30.0 Å². The average Bonchev–Trinajstić information content (AvgIpc) is 2.29. The van der Waals surface area contributed by atoms with Gasteiger partial charge in [0.15, 0.2) is 0 Å². The smallest absolute Gasteiger partial charge is 0.330 e. The summed E-state index contributed by atoms with van der Waals surface area (Å²) >= 11 is 1.11. The summed E-state index contributed by atoms with van der Waals surface area (Å²) in [4.78, 5) is 11.1. The van der Waals surface area contributed by atoms with Gasteiger partial charge in [-0.3, -0.25) is 0 Å². The van der Waals surface area contributed by atoms with Crippen LogP contribution in [0.5, 0.6) is 0 Å². The van der Waals surface area contributed by atoms with E-state index in [-0.39, 0.29) is 4.90 Å². The fraction of sp³-hybridized carbons (Fsp3) is 0.250. The molecule has 5 heteroatoms. The Hall–Kier alpha value is -1.36. The molecule has 1 rings (SSSR count). The number of carbonyl (C=O) groups is 1. The van der Waals surface area contributed by atoms with Gasteiger partial charge in [0, 0.05) is 16.7 Å². The molecule has 0 fully saturated rings. The van der Waals surface area contributed by atoms with E-state index < -0.39 is 17.6 Å². The Balaban J connectivity index is 2.45.